The van der Waals surface area contributed by atoms with Gasteiger partial charge in [0.1, 0.15) is 5.75 Å². The maximum absolute atomic E-state index is 12.7. The molecule has 0 fully saturated rings. The first kappa shape index (κ1) is 21.7. The van der Waals surface area contributed by atoms with Crippen molar-refractivity contribution >= 4 is 33.5 Å². The Morgan fingerprint density at radius 3 is 2.36 bits per heavy atom. The Hall–Kier alpha value is -2.55. The second kappa shape index (κ2) is 9.59. The van der Waals surface area contributed by atoms with E-state index in [2.05, 4.69) is 21.2 Å². The fourth-order valence-corrected chi connectivity index (χ4v) is 2.52. The van der Waals surface area contributed by atoms with E-state index in [9.17, 15) is 22.8 Å². The third-order valence-corrected chi connectivity index (χ3v) is 4.24. The lowest BCUT2D eigenvalue weighted by molar-refractivity contribution is -0.137. The minimum absolute atomic E-state index is 0.000855. The molecule has 0 bridgehead atoms. The van der Waals surface area contributed by atoms with Crippen molar-refractivity contribution in [1.82, 2.24) is 0 Å². The molecule has 0 saturated carbocycles. The molecule has 0 unspecified atom stereocenters. The highest BCUT2D eigenvalue weighted by atomic mass is 79.9. The van der Waals surface area contributed by atoms with Crippen LogP contribution in [-0.2, 0) is 10.9 Å². The standard InChI is InChI=1S/C19H17BrF3NO4/c1-27-18(26)14-4-2-5-15(28-11-3-10-20)16(14)24-17(25)12-6-8-13(9-7-12)19(21,22)23/h2,4-9H,3,10-11H2,1H3,(H,24,25). The minimum Gasteiger partial charge on any atom is -0.491 e. The quantitative estimate of drug-likeness (QED) is 0.363. The summed E-state index contributed by atoms with van der Waals surface area (Å²) in [5.41, 5.74) is -0.704. The molecule has 0 saturated heterocycles. The van der Waals surface area contributed by atoms with Crippen LogP contribution in [0.4, 0.5) is 18.9 Å². The molecule has 0 heterocycles. The lowest BCUT2D eigenvalue weighted by Gasteiger charge is -2.15. The maximum atomic E-state index is 12.7. The Bertz CT molecular complexity index is 838. The van der Waals surface area contributed by atoms with Crippen LogP contribution in [-0.4, -0.2) is 30.9 Å². The predicted octanol–water partition coefficient (Wildman–Crippen LogP) is 4.91. The summed E-state index contributed by atoms with van der Waals surface area (Å²) >= 11 is 3.28. The van der Waals surface area contributed by atoms with Gasteiger partial charge in [-0.2, -0.15) is 13.2 Å². The summed E-state index contributed by atoms with van der Waals surface area (Å²) < 4.78 is 48.4. The number of hydrogen-bond acceptors (Lipinski definition) is 4. The predicted molar refractivity (Wildman–Crippen MR) is 101 cm³/mol. The Labute approximate surface area is 168 Å². The van der Waals surface area contributed by atoms with Gasteiger partial charge in [0.15, 0.2) is 0 Å². The Morgan fingerprint density at radius 1 is 1.11 bits per heavy atom. The van der Waals surface area contributed by atoms with E-state index in [0.29, 0.717) is 18.4 Å². The second-order valence-electron chi connectivity index (χ2n) is 5.59. The normalized spacial score (nSPS) is 11.0. The van der Waals surface area contributed by atoms with Crippen molar-refractivity contribution in [2.45, 2.75) is 12.6 Å². The minimum atomic E-state index is -4.50. The van der Waals surface area contributed by atoms with Crippen LogP contribution in [0, 0.1) is 0 Å². The van der Waals surface area contributed by atoms with Crippen LogP contribution in [0.3, 0.4) is 0 Å². The smallest absolute Gasteiger partial charge is 0.416 e. The number of esters is 1. The van der Waals surface area contributed by atoms with Gasteiger partial charge in [0, 0.05) is 10.9 Å². The van der Waals surface area contributed by atoms with E-state index >= 15 is 0 Å². The number of halogens is 4. The first-order valence-electron chi connectivity index (χ1n) is 8.16. The number of para-hydroxylation sites is 1. The number of ether oxygens (including phenoxy) is 2. The van der Waals surface area contributed by atoms with Crippen LogP contribution < -0.4 is 10.1 Å². The molecule has 0 aromatic heterocycles. The molecule has 28 heavy (non-hydrogen) atoms. The van der Waals surface area contributed by atoms with Gasteiger partial charge < -0.3 is 14.8 Å². The number of carbonyl (C=O) groups excluding carboxylic acids is 2. The molecule has 2 aromatic carbocycles. The molecular formula is C19H17BrF3NO4. The molecule has 0 radical (unpaired) electrons. The number of anilines is 1. The van der Waals surface area contributed by atoms with E-state index in [1.54, 1.807) is 12.1 Å². The van der Waals surface area contributed by atoms with Gasteiger partial charge in [0.2, 0.25) is 0 Å². The van der Waals surface area contributed by atoms with Crippen molar-refractivity contribution in [2.75, 3.05) is 24.4 Å². The summed E-state index contributed by atoms with van der Waals surface area (Å²) in [6.45, 7) is 0.332. The molecular weight excluding hydrogens is 443 g/mol. The molecule has 0 aliphatic carbocycles. The SMILES string of the molecule is COC(=O)c1cccc(OCCCBr)c1NC(=O)c1ccc(C(F)(F)F)cc1. The summed E-state index contributed by atoms with van der Waals surface area (Å²) in [7, 11) is 1.20. The second-order valence-corrected chi connectivity index (χ2v) is 6.38. The largest absolute Gasteiger partial charge is 0.491 e. The molecule has 0 atom stereocenters. The summed E-state index contributed by atoms with van der Waals surface area (Å²) in [5, 5.41) is 3.24. The molecule has 9 heteroatoms. The average Bonchev–Trinajstić information content (AvgIpc) is 2.68. The monoisotopic (exact) mass is 459 g/mol. The number of amides is 1. The first-order valence-corrected chi connectivity index (χ1v) is 9.28. The van der Waals surface area contributed by atoms with Crippen LogP contribution in [0.25, 0.3) is 0 Å². The van der Waals surface area contributed by atoms with Crippen LogP contribution in [0.5, 0.6) is 5.75 Å². The summed E-state index contributed by atoms with van der Waals surface area (Å²) in [4.78, 5) is 24.5. The lowest BCUT2D eigenvalue weighted by Crippen LogP contribution is -2.17. The average molecular weight is 460 g/mol. The number of benzene rings is 2. The number of hydrogen-bond donors (Lipinski definition) is 1. The Balaban J connectivity index is 2.31. The third-order valence-electron chi connectivity index (χ3n) is 3.68. The summed E-state index contributed by atoms with van der Waals surface area (Å²) in [5.74, 6) is -1.12. The van der Waals surface area contributed by atoms with E-state index in [0.717, 1.165) is 24.3 Å². The van der Waals surface area contributed by atoms with Crippen molar-refractivity contribution < 1.29 is 32.2 Å². The maximum Gasteiger partial charge on any atom is 0.416 e. The molecule has 1 amide bonds. The first-order chi connectivity index (χ1) is 13.3. The molecule has 1 N–H and O–H groups in total. The zero-order chi connectivity index (χ0) is 20.7. The molecule has 2 rings (SSSR count). The Kier molecular flexibility index (Phi) is 7.45. The number of alkyl halides is 4. The van der Waals surface area contributed by atoms with E-state index in [4.69, 9.17) is 9.47 Å². The molecule has 0 spiro atoms. The van der Waals surface area contributed by atoms with Gasteiger partial charge in [-0.05, 0) is 42.8 Å². The fourth-order valence-electron chi connectivity index (χ4n) is 2.29. The van der Waals surface area contributed by atoms with Crippen LogP contribution >= 0.6 is 15.9 Å². The molecule has 150 valence electrons. The van der Waals surface area contributed by atoms with Gasteiger partial charge in [-0.15, -0.1) is 0 Å². The van der Waals surface area contributed by atoms with Crippen molar-refractivity contribution in [3.8, 4) is 5.75 Å². The number of rotatable bonds is 7. The number of carbonyl (C=O) groups is 2. The van der Waals surface area contributed by atoms with Crippen molar-refractivity contribution in [3.05, 3.63) is 59.2 Å². The van der Waals surface area contributed by atoms with Crippen molar-refractivity contribution in [1.29, 1.82) is 0 Å². The number of nitrogens with one attached hydrogen (secondary N) is 1. The van der Waals surface area contributed by atoms with Crippen molar-refractivity contribution in [3.63, 3.8) is 0 Å². The van der Waals surface area contributed by atoms with Crippen LogP contribution in [0.1, 0.15) is 32.7 Å². The highest BCUT2D eigenvalue weighted by molar-refractivity contribution is 9.09. The Morgan fingerprint density at radius 2 is 1.79 bits per heavy atom. The van der Waals surface area contributed by atoms with Gasteiger partial charge in [0.25, 0.3) is 5.91 Å². The van der Waals surface area contributed by atoms with Gasteiger partial charge in [-0.3, -0.25) is 4.79 Å². The van der Waals surface area contributed by atoms with Crippen LogP contribution in [0.2, 0.25) is 0 Å². The zero-order valence-electron chi connectivity index (χ0n) is 14.8. The van der Waals surface area contributed by atoms with Gasteiger partial charge in [0.05, 0.1) is 30.5 Å². The fraction of sp³-hybridized carbons (Fsp3) is 0.263. The van der Waals surface area contributed by atoms with Gasteiger partial charge >= 0.3 is 12.1 Å². The summed E-state index contributed by atoms with van der Waals surface area (Å²) in [6, 6.07) is 8.34. The van der Waals surface area contributed by atoms with E-state index < -0.39 is 23.6 Å². The molecule has 0 aliphatic heterocycles. The highest BCUT2D eigenvalue weighted by Gasteiger charge is 2.30. The van der Waals surface area contributed by atoms with E-state index in [1.165, 1.54) is 13.2 Å². The molecule has 0 aliphatic rings. The zero-order valence-corrected chi connectivity index (χ0v) is 16.4. The number of methoxy groups -OCH3 is 1. The van der Waals surface area contributed by atoms with Crippen LogP contribution in [0.15, 0.2) is 42.5 Å². The highest BCUT2D eigenvalue weighted by Crippen LogP contribution is 2.31. The van der Waals surface area contributed by atoms with Gasteiger partial charge in [-0.25, -0.2) is 4.79 Å². The summed E-state index contributed by atoms with van der Waals surface area (Å²) in [6.07, 6.45) is -3.81. The van der Waals surface area contributed by atoms with Gasteiger partial charge in [-0.1, -0.05) is 22.0 Å². The molecule has 2 aromatic rings. The van der Waals surface area contributed by atoms with Crippen molar-refractivity contribution in [2.24, 2.45) is 0 Å². The third kappa shape index (κ3) is 5.48. The van der Waals surface area contributed by atoms with E-state index in [-0.39, 0.29) is 22.6 Å². The lowest BCUT2D eigenvalue weighted by atomic mass is 10.1. The van der Waals surface area contributed by atoms with E-state index in [1.807, 2.05) is 0 Å². The topological polar surface area (TPSA) is 64.6 Å². The molecule has 5 nitrogen and oxygen atoms in total.